The Hall–Kier alpha value is -0.990. The Morgan fingerprint density at radius 1 is 1.40 bits per heavy atom. The van der Waals surface area contributed by atoms with E-state index in [1.165, 1.54) is 7.11 Å². The van der Waals surface area contributed by atoms with Crippen molar-refractivity contribution in [1.82, 2.24) is 0 Å². The molecule has 0 fully saturated rings. The first kappa shape index (κ1) is 12.1. The third-order valence-electron chi connectivity index (χ3n) is 1.54. The quantitative estimate of drug-likeness (QED) is 0.741. The number of methoxy groups -OCH3 is 1. The zero-order valence-corrected chi connectivity index (χ0v) is 10.6. The topological polar surface area (TPSA) is 43.4 Å². The van der Waals surface area contributed by atoms with E-state index in [-0.39, 0.29) is 0 Å². The van der Waals surface area contributed by atoms with Gasteiger partial charge < -0.3 is 4.74 Å². The molecule has 0 aromatic heterocycles. The molecule has 1 aromatic rings. The molecule has 80 valence electrons. The van der Waals surface area contributed by atoms with E-state index >= 15 is 0 Å². The van der Waals surface area contributed by atoms with Gasteiger partial charge in [-0.2, -0.15) is 0 Å². The summed E-state index contributed by atoms with van der Waals surface area (Å²) in [6, 6.07) is 5.18. The van der Waals surface area contributed by atoms with E-state index in [2.05, 4.69) is 27.1 Å². The second kappa shape index (κ2) is 4.69. The van der Waals surface area contributed by atoms with Crippen LogP contribution >= 0.6 is 15.9 Å². The Labute approximate surface area is 97.5 Å². The number of hydrogen-bond acceptors (Lipinski definition) is 3. The maximum atomic E-state index is 10.9. The van der Waals surface area contributed by atoms with Crippen molar-refractivity contribution in [3.05, 3.63) is 28.2 Å². The van der Waals surface area contributed by atoms with Gasteiger partial charge in [-0.15, -0.1) is 0 Å². The highest BCUT2D eigenvalue weighted by molar-refractivity contribution is 9.10. The molecule has 0 aliphatic rings. The molecule has 0 N–H and O–H groups in total. The number of hydrogen-bond donors (Lipinski definition) is 0. The van der Waals surface area contributed by atoms with E-state index in [0.717, 1.165) is 10.7 Å². The average molecular weight is 289 g/mol. The highest BCUT2D eigenvalue weighted by atomic mass is 79.9. The number of halogens is 1. The number of ether oxygens (including phenoxy) is 1. The summed E-state index contributed by atoms with van der Waals surface area (Å²) >= 11 is 3.27. The van der Waals surface area contributed by atoms with Gasteiger partial charge in [-0.1, -0.05) is 0 Å². The zero-order valence-electron chi connectivity index (χ0n) is 8.24. The van der Waals surface area contributed by atoms with Gasteiger partial charge in [0.15, 0.2) is 0 Å². The van der Waals surface area contributed by atoms with Crippen LogP contribution in [-0.4, -0.2) is 21.8 Å². The van der Waals surface area contributed by atoms with Gasteiger partial charge >= 0.3 is 0 Å². The summed E-state index contributed by atoms with van der Waals surface area (Å²) in [7, 11) is -1.74. The third kappa shape index (κ3) is 3.94. The Morgan fingerprint density at radius 2 is 2.07 bits per heavy atom. The molecule has 15 heavy (non-hydrogen) atoms. The summed E-state index contributed by atoms with van der Waals surface area (Å²) in [5.74, 6) is 3.20. The first-order valence-electron chi connectivity index (χ1n) is 3.99. The fourth-order valence-corrected chi connectivity index (χ4v) is 1.52. The van der Waals surface area contributed by atoms with Gasteiger partial charge in [0, 0.05) is 15.3 Å². The predicted molar refractivity (Wildman–Crippen MR) is 62.4 cm³/mol. The number of benzene rings is 1. The van der Waals surface area contributed by atoms with Crippen LogP contribution in [0.4, 0.5) is 0 Å². The lowest BCUT2D eigenvalue weighted by atomic mass is 10.2. The van der Waals surface area contributed by atoms with Crippen LogP contribution in [0.5, 0.6) is 5.75 Å². The van der Waals surface area contributed by atoms with E-state index in [1.54, 1.807) is 18.2 Å². The molecule has 0 aliphatic heterocycles. The molecular formula is C10H9BrO3S. The Balaban J connectivity index is 3.18. The van der Waals surface area contributed by atoms with Crippen molar-refractivity contribution >= 4 is 25.8 Å². The first-order chi connectivity index (χ1) is 6.92. The van der Waals surface area contributed by atoms with E-state index in [0.29, 0.717) is 11.3 Å². The minimum absolute atomic E-state index is 0.583. The van der Waals surface area contributed by atoms with Gasteiger partial charge in [0.25, 0.3) is 0 Å². The van der Waals surface area contributed by atoms with Crippen LogP contribution in [0.15, 0.2) is 22.7 Å². The Morgan fingerprint density at radius 3 is 2.60 bits per heavy atom. The SMILES string of the molecule is COc1ccc(Br)c(C#CS(C)(=O)=O)c1. The first-order valence-corrected chi connectivity index (χ1v) is 6.67. The minimum atomic E-state index is -3.28. The second-order valence-electron chi connectivity index (χ2n) is 2.85. The summed E-state index contributed by atoms with van der Waals surface area (Å²) in [5, 5.41) is 2.17. The van der Waals surface area contributed by atoms with Crippen LogP contribution in [-0.2, 0) is 9.84 Å². The van der Waals surface area contributed by atoms with Crippen LogP contribution < -0.4 is 4.74 Å². The zero-order chi connectivity index (χ0) is 11.5. The average Bonchev–Trinajstić information content (AvgIpc) is 2.15. The van der Waals surface area contributed by atoms with E-state index in [1.807, 2.05) is 0 Å². The van der Waals surface area contributed by atoms with Crippen molar-refractivity contribution < 1.29 is 13.2 Å². The number of rotatable bonds is 1. The maximum absolute atomic E-state index is 10.9. The van der Waals surface area contributed by atoms with Crippen molar-refractivity contribution in [2.75, 3.05) is 13.4 Å². The summed E-state index contributed by atoms with van der Waals surface area (Å²) in [6.45, 7) is 0. The third-order valence-corrected chi connectivity index (χ3v) is 2.71. The molecule has 3 nitrogen and oxygen atoms in total. The Kier molecular flexibility index (Phi) is 3.77. The van der Waals surface area contributed by atoms with Crippen molar-refractivity contribution in [2.45, 2.75) is 0 Å². The fourth-order valence-electron chi connectivity index (χ4n) is 0.875. The highest BCUT2D eigenvalue weighted by Gasteiger charge is 2.00. The molecule has 0 saturated heterocycles. The lowest BCUT2D eigenvalue weighted by Gasteiger charge is -2.01. The van der Waals surface area contributed by atoms with Crippen LogP contribution in [0.2, 0.25) is 0 Å². The molecule has 0 spiro atoms. The molecule has 1 aromatic carbocycles. The van der Waals surface area contributed by atoms with Gasteiger partial charge in [-0.05, 0) is 40.0 Å². The van der Waals surface area contributed by atoms with Crippen LogP contribution in [0.1, 0.15) is 5.56 Å². The maximum Gasteiger partial charge on any atom is 0.214 e. The summed E-state index contributed by atoms with van der Waals surface area (Å²) < 4.78 is 27.4. The number of sulfone groups is 1. The van der Waals surface area contributed by atoms with Gasteiger partial charge in [-0.3, -0.25) is 0 Å². The van der Waals surface area contributed by atoms with Crippen molar-refractivity contribution in [3.63, 3.8) is 0 Å². The molecule has 5 heteroatoms. The highest BCUT2D eigenvalue weighted by Crippen LogP contribution is 2.21. The molecule has 0 radical (unpaired) electrons. The molecule has 0 aliphatic carbocycles. The monoisotopic (exact) mass is 288 g/mol. The lowest BCUT2D eigenvalue weighted by molar-refractivity contribution is 0.414. The van der Waals surface area contributed by atoms with Crippen molar-refractivity contribution in [2.24, 2.45) is 0 Å². The minimum Gasteiger partial charge on any atom is -0.497 e. The Bertz CT molecular complexity index is 523. The summed E-state index contributed by atoms with van der Waals surface area (Å²) in [5.41, 5.74) is 0.583. The van der Waals surface area contributed by atoms with E-state index in [9.17, 15) is 8.42 Å². The molecular weight excluding hydrogens is 280 g/mol. The van der Waals surface area contributed by atoms with Gasteiger partial charge in [0.05, 0.1) is 13.4 Å². The molecule has 0 bridgehead atoms. The van der Waals surface area contributed by atoms with E-state index in [4.69, 9.17) is 4.74 Å². The van der Waals surface area contributed by atoms with Gasteiger partial charge in [0.2, 0.25) is 9.84 Å². The van der Waals surface area contributed by atoms with Crippen LogP contribution in [0.3, 0.4) is 0 Å². The van der Waals surface area contributed by atoms with Crippen LogP contribution in [0.25, 0.3) is 0 Å². The van der Waals surface area contributed by atoms with Gasteiger partial charge in [-0.25, -0.2) is 8.42 Å². The molecule has 1 rings (SSSR count). The second-order valence-corrected chi connectivity index (χ2v) is 5.45. The van der Waals surface area contributed by atoms with Crippen LogP contribution in [0, 0.1) is 11.2 Å². The van der Waals surface area contributed by atoms with Crippen molar-refractivity contribution in [1.29, 1.82) is 0 Å². The largest absolute Gasteiger partial charge is 0.497 e. The molecule has 0 unspecified atom stereocenters. The smallest absolute Gasteiger partial charge is 0.214 e. The fraction of sp³-hybridized carbons (Fsp3) is 0.200. The molecule has 0 heterocycles. The molecule has 0 amide bonds. The standard InChI is InChI=1S/C10H9BrO3S/c1-14-9-3-4-10(11)8(7-9)5-6-15(2,12)13/h3-4,7H,1-2H3. The lowest BCUT2D eigenvalue weighted by Crippen LogP contribution is -1.90. The summed E-state index contributed by atoms with van der Waals surface area (Å²) in [4.78, 5) is 0. The van der Waals surface area contributed by atoms with E-state index < -0.39 is 9.84 Å². The normalized spacial score (nSPS) is 10.3. The predicted octanol–water partition coefficient (Wildman–Crippen LogP) is 1.81. The molecule has 0 atom stereocenters. The van der Waals surface area contributed by atoms with Crippen molar-refractivity contribution in [3.8, 4) is 16.9 Å². The summed E-state index contributed by atoms with van der Waals surface area (Å²) in [6.07, 6.45) is 1.06. The van der Waals surface area contributed by atoms with Gasteiger partial charge in [0.1, 0.15) is 5.75 Å². The molecule has 0 saturated carbocycles.